The molecule has 1 N–H and O–H groups in total. The lowest BCUT2D eigenvalue weighted by atomic mass is 10.1. The van der Waals surface area contributed by atoms with Crippen LogP contribution >= 0.6 is 0 Å². The third-order valence-corrected chi connectivity index (χ3v) is 1.82. The molecule has 0 saturated carbocycles. The Morgan fingerprint density at radius 3 is 2.60 bits per heavy atom. The second-order valence-corrected chi connectivity index (χ2v) is 2.89. The molecule has 0 aliphatic heterocycles. The molecule has 0 radical (unpaired) electrons. The molecule has 0 spiro atoms. The molecule has 0 aliphatic rings. The minimum atomic E-state index is -1.20. The first-order valence-corrected chi connectivity index (χ1v) is 4.15. The van der Waals surface area contributed by atoms with Crippen LogP contribution in [0.15, 0.2) is 29.4 Å². The Kier molecular flexibility index (Phi) is 3.65. The van der Waals surface area contributed by atoms with Crippen molar-refractivity contribution in [3.8, 4) is 0 Å². The molecule has 0 fully saturated rings. The lowest BCUT2D eigenvalue weighted by Crippen LogP contribution is -2.19. The highest BCUT2D eigenvalue weighted by Gasteiger charge is 2.15. The van der Waals surface area contributed by atoms with Gasteiger partial charge < -0.3 is 5.11 Å². The van der Waals surface area contributed by atoms with E-state index in [2.05, 4.69) is 10.0 Å². The van der Waals surface area contributed by atoms with E-state index in [1.165, 1.54) is 24.3 Å². The molecule has 0 saturated heterocycles. The van der Waals surface area contributed by atoms with Crippen molar-refractivity contribution in [3.05, 3.63) is 46.1 Å². The molecule has 1 rings (SSSR count). The molecule has 0 amide bonds. The summed E-state index contributed by atoms with van der Waals surface area (Å²) in [5.41, 5.74) is 8.75. The number of nitrogens with zero attached hydrogens (tertiary/aromatic N) is 3. The molecular formula is C9H8FN3O2. The molecule has 1 aromatic rings. The predicted octanol–water partition coefficient (Wildman–Crippen LogP) is 2.13. The van der Waals surface area contributed by atoms with Crippen molar-refractivity contribution in [2.75, 3.05) is 0 Å². The fraction of sp³-hybridized carbons (Fsp3) is 0.222. The van der Waals surface area contributed by atoms with E-state index in [4.69, 9.17) is 10.6 Å². The normalized spacial score (nSPS) is 11.5. The van der Waals surface area contributed by atoms with Crippen LogP contribution in [0.25, 0.3) is 10.4 Å². The van der Waals surface area contributed by atoms with Crippen molar-refractivity contribution in [3.63, 3.8) is 0 Å². The summed E-state index contributed by atoms with van der Waals surface area (Å²) < 4.78 is 12.5. The van der Waals surface area contributed by atoms with E-state index >= 15 is 0 Å². The maximum atomic E-state index is 12.5. The Balaban J connectivity index is 2.78. The van der Waals surface area contributed by atoms with Gasteiger partial charge in [-0.1, -0.05) is 17.2 Å². The van der Waals surface area contributed by atoms with Crippen LogP contribution in [0.2, 0.25) is 0 Å². The average molecular weight is 209 g/mol. The minimum absolute atomic E-state index is 0.0552. The number of carboxylic acids is 1. The Morgan fingerprint density at radius 1 is 1.53 bits per heavy atom. The van der Waals surface area contributed by atoms with Gasteiger partial charge in [-0.25, -0.2) is 4.39 Å². The van der Waals surface area contributed by atoms with Gasteiger partial charge in [0.05, 0.1) is 0 Å². The number of rotatable bonds is 4. The van der Waals surface area contributed by atoms with Crippen LogP contribution in [0.1, 0.15) is 5.56 Å². The average Bonchev–Trinajstić information content (AvgIpc) is 2.20. The quantitative estimate of drug-likeness (QED) is 0.467. The van der Waals surface area contributed by atoms with Gasteiger partial charge in [-0.05, 0) is 29.6 Å². The summed E-state index contributed by atoms with van der Waals surface area (Å²) in [6.45, 7) is 0. The van der Waals surface area contributed by atoms with Crippen molar-refractivity contribution in [1.82, 2.24) is 0 Å². The molecule has 5 nitrogen and oxygen atoms in total. The molecule has 0 heterocycles. The Bertz CT molecular complexity index is 396. The highest BCUT2D eigenvalue weighted by Crippen LogP contribution is 2.08. The SMILES string of the molecule is [N-]=[N+]=N[C@@H](Cc1ccc(F)cc1)C(=O)O. The largest absolute Gasteiger partial charge is 0.481 e. The van der Waals surface area contributed by atoms with E-state index in [0.717, 1.165) is 0 Å². The van der Waals surface area contributed by atoms with Crippen LogP contribution in [-0.4, -0.2) is 17.1 Å². The lowest BCUT2D eigenvalue weighted by molar-refractivity contribution is -0.138. The van der Waals surface area contributed by atoms with E-state index in [1.807, 2.05) is 0 Å². The summed E-state index contributed by atoms with van der Waals surface area (Å²) >= 11 is 0. The van der Waals surface area contributed by atoms with Crippen LogP contribution in [0.5, 0.6) is 0 Å². The summed E-state index contributed by atoms with van der Waals surface area (Å²) in [7, 11) is 0. The highest BCUT2D eigenvalue weighted by molar-refractivity contribution is 5.74. The minimum Gasteiger partial charge on any atom is -0.481 e. The number of hydrogen-bond acceptors (Lipinski definition) is 2. The van der Waals surface area contributed by atoms with Gasteiger partial charge in [-0.2, -0.15) is 0 Å². The number of benzene rings is 1. The van der Waals surface area contributed by atoms with Crippen LogP contribution in [-0.2, 0) is 11.2 Å². The fourth-order valence-corrected chi connectivity index (χ4v) is 1.08. The molecule has 0 bridgehead atoms. The van der Waals surface area contributed by atoms with Crippen LogP contribution in [0.4, 0.5) is 4.39 Å². The zero-order valence-corrected chi connectivity index (χ0v) is 7.67. The molecule has 0 aromatic heterocycles. The van der Waals surface area contributed by atoms with Gasteiger partial charge in [0.25, 0.3) is 0 Å². The van der Waals surface area contributed by atoms with Crippen LogP contribution in [0, 0.1) is 5.82 Å². The van der Waals surface area contributed by atoms with E-state index < -0.39 is 17.8 Å². The van der Waals surface area contributed by atoms with Gasteiger partial charge in [0.1, 0.15) is 11.9 Å². The van der Waals surface area contributed by atoms with E-state index in [-0.39, 0.29) is 6.42 Å². The second-order valence-electron chi connectivity index (χ2n) is 2.89. The maximum Gasteiger partial charge on any atom is 0.312 e. The van der Waals surface area contributed by atoms with E-state index in [1.54, 1.807) is 0 Å². The Hall–Kier alpha value is -2.07. The molecule has 15 heavy (non-hydrogen) atoms. The van der Waals surface area contributed by atoms with Gasteiger partial charge in [0.15, 0.2) is 0 Å². The molecule has 6 heteroatoms. The first kappa shape index (κ1) is 11.0. The third-order valence-electron chi connectivity index (χ3n) is 1.82. The van der Waals surface area contributed by atoms with Crippen molar-refractivity contribution in [2.45, 2.75) is 12.5 Å². The summed E-state index contributed by atoms with van der Waals surface area (Å²) in [5.74, 6) is -1.59. The first-order chi connectivity index (χ1) is 7.13. The molecule has 1 atom stereocenters. The molecule has 1 aromatic carbocycles. The Morgan fingerprint density at radius 2 is 2.13 bits per heavy atom. The molecule has 78 valence electrons. The summed E-state index contributed by atoms with van der Waals surface area (Å²) in [6, 6.07) is 4.21. The summed E-state index contributed by atoms with van der Waals surface area (Å²) in [6.07, 6.45) is 0.0552. The maximum absolute atomic E-state index is 12.5. The van der Waals surface area contributed by atoms with Crippen molar-refractivity contribution >= 4 is 5.97 Å². The number of carbonyl (C=O) groups is 1. The fourth-order valence-electron chi connectivity index (χ4n) is 1.08. The number of halogens is 1. The summed E-state index contributed by atoms with van der Waals surface area (Å²) in [4.78, 5) is 13.1. The smallest absolute Gasteiger partial charge is 0.312 e. The van der Waals surface area contributed by atoms with Crippen molar-refractivity contribution < 1.29 is 14.3 Å². The molecule has 0 aliphatic carbocycles. The Labute approximate surface area is 84.8 Å². The number of aliphatic carboxylic acids is 1. The summed E-state index contributed by atoms with van der Waals surface area (Å²) in [5, 5.41) is 11.8. The molecular weight excluding hydrogens is 201 g/mol. The first-order valence-electron chi connectivity index (χ1n) is 4.15. The van der Waals surface area contributed by atoms with E-state index in [9.17, 15) is 9.18 Å². The number of hydrogen-bond donors (Lipinski definition) is 1. The van der Waals surface area contributed by atoms with Crippen LogP contribution < -0.4 is 0 Å². The molecule has 0 unspecified atom stereocenters. The van der Waals surface area contributed by atoms with Crippen molar-refractivity contribution in [1.29, 1.82) is 0 Å². The number of azide groups is 1. The zero-order chi connectivity index (χ0) is 11.3. The van der Waals surface area contributed by atoms with Gasteiger partial charge >= 0.3 is 5.97 Å². The predicted molar refractivity (Wildman–Crippen MR) is 50.7 cm³/mol. The zero-order valence-electron chi connectivity index (χ0n) is 7.67. The van der Waals surface area contributed by atoms with E-state index in [0.29, 0.717) is 5.56 Å². The second kappa shape index (κ2) is 4.97. The monoisotopic (exact) mass is 209 g/mol. The standard InChI is InChI=1S/C9H8FN3O2/c10-7-3-1-6(2-4-7)5-8(9(14)15)12-13-11/h1-4,8H,5H2,(H,14,15)/t8-/m0/s1. The van der Waals surface area contributed by atoms with Crippen molar-refractivity contribution in [2.24, 2.45) is 5.11 Å². The third kappa shape index (κ3) is 3.28. The van der Waals surface area contributed by atoms with Gasteiger partial charge in [0.2, 0.25) is 0 Å². The van der Waals surface area contributed by atoms with Crippen LogP contribution in [0.3, 0.4) is 0 Å². The topological polar surface area (TPSA) is 86.1 Å². The van der Waals surface area contributed by atoms with Gasteiger partial charge in [-0.15, -0.1) is 0 Å². The number of carboxylic acid groups (broad SMARTS) is 1. The lowest BCUT2D eigenvalue weighted by Gasteiger charge is -2.05. The van der Waals surface area contributed by atoms with Gasteiger partial charge in [-0.3, -0.25) is 4.79 Å². The highest BCUT2D eigenvalue weighted by atomic mass is 19.1. The van der Waals surface area contributed by atoms with Gasteiger partial charge in [0, 0.05) is 4.91 Å².